The number of hydrogen-bond acceptors (Lipinski definition) is 2. The number of amides is 1. The minimum atomic E-state index is -0.224. The average Bonchev–Trinajstić information content (AvgIpc) is 2.54. The number of rotatable bonds is 1. The van der Waals surface area contributed by atoms with Crippen LogP contribution in [-0.4, -0.2) is 13.0 Å². The minimum Gasteiger partial charge on any atom is -0.354 e. The summed E-state index contributed by atoms with van der Waals surface area (Å²) in [5, 5.41) is 4.57. The van der Waals surface area contributed by atoms with E-state index in [2.05, 4.69) is 5.32 Å². The fourth-order valence-electron chi connectivity index (χ4n) is 1.37. The Morgan fingerprint density at radius 2 is 2.00 bits per heavy atom. The molecule has 0 aliphatic rings. The molecule has 6 heteroatoms. The molecule has 2 nitrogen and oxygen atoms in total. The fraction of sp³-hybridized carbons (Fsp3) is 0.100. The van der Waals surface area contributed by atoms with E-state index in [0.717, 1.165) is 4.70 Å². The molecule has 1 heterocycles. The van der Waals surface area contributed by atoms with Crippen LogP contribution in [-0.2, 0) is 0 Å². The van der Waals surface area contributed by atoms with Crippen LogP contribution in [0.3, 0.4) is 0 Å². The standard InChI is InChI=1S/C10H6Cl3NOS/c1-14-10(15)9-8(13)7-5(12)2-4(11)3-6(7)16-9/h2-3H,1H3,(H,14,15). The summed E-state index contributed by atoms with van der Waals surface area (Å²) in [5.74, 6) is -0.224. The van der Waals surface area contributed by atoms with Crippen molar-refractivity contribution in [3.63, 3.8) is 0 Å². The van der Waals surface area contributed by atoms with Gasteiger partial charge in [0.25, 0.3) is 5.91 Å². The van der Waals surface area contributed by atoms with E-state index in [-0.39, 0.29) is 5.91 Å². The number of thiophene rings is 1. The zero-order valence-electron chi connectivity index (χ0n) is 8.11. The summed E-state index contributed by atoms with van der Waals surface area (Å²) in [7, 11) is 1.55. The molecule has 0 radical (unpaired) electrons. The smallest absolute Gasteiger partial charge is 0.262 e. The molecule has 0 saturated heterocycles. The van der Waals surface area contributed by atoms with Crippen LogP contribution in [0.5, 0.6) is 0 Å². The lowest BCUT2D eigenvalue weighted by Crippen LogP contribution is -2.16. The van der Waals surface area contributed by atoms with Crippen molar-refractivity contribution < 1.29 is 4.79 Å². The second kappa shape index (κ2) is 4.41. The van der Waals surface area contributed by atoms with Gasteiger partial charge in [0, 0.05) is 22.2 Å². The van der Waals surface area contributed by atoms with Crippen LogP contribution < -0.4 is 5.32 Å². The van der Waals surface area contributed by atoms with Crippen molar-refractivity contribution in [3.8, 4) is 0 Å². The van der Waals surface area contributed by atoms with E-state index in [1.165, 1.54) is 11.3 Å². The molecular formula is C10H6Cl3NOS. The normalized spacial score (nSPS) is 10.8. The molecule has 1 aromatic heterocycles. The van der Waals surface area contributed by atoms with Crippen molar-refractivity contribution in [1.29, 1.82) is 0 Å². The fourth-order valence-corrected chi connectivity index (χ4v) is 3.70. The van der Waals surface area contributed by atoms with Gasteiger partial charge in [-0.2, -0.15) is 0 Å². The summed E-state index contributed by atoms with van der Waals surface area (Å²) in [6.07, 6.45) is 0. The van der Waals surface area contributed by atoms with Gasteiger partial charge in [0.05, 0.1) is 10.0 Å². The molecule has 0 aliphatic carbocycles. The van der Waals surface area contributed by atoms with Gasteiger partial charge in [-0.3, -0.25) is 4.79 Å². The Labute approximate surface area is 111 Å². The highest BCUT2D eigenvalue weighted by molar-refractivity contribution is 7.21. The van der Waals surface area contributed by atoms with E-state index >= 15 is 0 Å². The van der Waals surface area contributed by atoms with Gasteiger partial charge in [-0.25, -0.2) is 0 Å². The maximum Gasteiger partial charge on any atom is 0.262 e. The van der Waals surface area contributed by atoms with Gasteiger partial charge >= 0.3 is 0 Å². The van der Waals surface area contributed by atoms with Crippen molar-refractivity contribution >= 4 is 62.1 Å². The summed E-state index contributed by atoms with van der Waals surface area (Å²) < 4.78 is 0.807. The van der Waals surface area contributed by atoms with E-state index in [1.807, 2.05) is 0 Å². The third-order valence-electron chi connectivity index (χ3n) is 2.08. The van der Waals surface area contributed by atoms with Crippen LogP contribution >= 0.6 is 46.1 Å². The topological polar surface area (TPSA) is 29.1 Å². The van der Waals surface area contributed by atoms with Crippen LogP contribution in [0, 0.1) is 0 Å². The molecule has 0 spiro atoms. The van der Waals surface area contributed by atoms with E-state index in [0.29, 0.717) is 25.3 Å². The highest BCUT2D eigenvalue weighted by atomic mass is 35.5. The highest BCUT2D eigenvalue weighted by Gasteiger charge is 2.18. The Balaban J connectivity index is 2.78. The van der Waals surface area contributed by atoms with Gasteiger partial charge in [-0.1, -0.05) is 34.8 Å². The van der Waals surface area contributed by atoms with Crippen molar-refractivity contribution in [2.24, 2.45) is 0 Å². The molecular weight excluding hydrogens is 289 g/mol. The second-order valence-electron chi connectivity index (χ2n) is 3.09. The first-order valence-electron chi connectivity index (χ1n) is 4.33. The molecule has 0 unspecified atom stereocenters. The molecule has 2 aromatic rings. The van der Waals surface area contributed by atoms with Crippen molar-refractivity contribution in [3.05, 3.63) is 32.1 Å². The van der Waals surface area contributed by atoms with Crippen LogP contribution in [0.15, 0.2) is 12.1 Å². The zero-order valence-corrected chi connectivity index (χ0v) is 11.2. The van der Waals surface area contributed by atoms with Crippen LogP contribution in [0.2, 0.25) is 15.1 Å². The number of fused-ring (bicyclic) bond motifs is 1. The number of nitrogens with one attached hydrogen (secondary N) is 1. The van der Waals surface area contributed by atoms with E-state index < -0.39 is 0 Å². The Morgan fingerprint density at radius 1 is 1.31 bits per heavy atom. The first kappa shape index (κ1) is 12.0. The van der Waals surface area contributed by atoms with Crippen molar-refractivity contribution in [2.75, 3.05) is 7.05 Å². The van der Waals surface area contributed by atoms with Gasteiger partial charge in [-0.15, -0.1) is 11.3 Å². The van der Waals surface area contributed by atoms with Crippen molar-refractivity contribution in [1.82, 2.24) is 5.32 Å². The second-order valence-corrected chi connectivity index (χ2v) is 5.36. The summed E-state index contributed by atoms with van der Waals surface area (Å²) >= 11 is 19.3. The summed E-state index contributed by atoms with van der Waals surface area (Å²) in [5.41, 5.74) is 0. The van der Waals surface area contributed by atoms with E-state index in [9.17, 15) is 4.79 Å². The molecule has 0 fully saturated rings. The number of hydrogen-bond donors (Lipinski definition) is 1. The maximum atomic E-state index is 11.5. The molecule has 84 valence electrons. The predicted octanol–water partition coefficient (Wildman–Crippen LogP) is 4.22. The molecule has 0 aliphatic heterocycles. The van der Waals surface area contributed by atoms with Crippen molar-refractivity contribution in [2.45, 2.75) is 0 Å². The number of carbonyl (C=O) groups excluding carboxylic acids is 1. The van der Waals surface area contributed by atoms with Crippen LogP contribution in [0.4, 0.5) is 0 Å². The monoisotopic (exact) mass is 293 g/mol. The molecule has 0 saturated carbocycles. The quantitative estimate of drug-likeness (QED) is 0.838. The van der Waals surface area contributed by atoms with Crippen LogP contribution in [0.1, 0.15) is 9.67 Å². The lowest BCUT2D eigenvalue weighted by molar-refractivity contribution is 0.0967. The van der Waals surface area contributed by atoms with Gasteiger partial charge in [0.2, 0.25) is 0 Å². The van der Waals surface area contributed by atoms with E-state index in [4.69, 9.17) is 34.8 Å². The van der Waals surface area contributed by atoms with Crippen LogP contribution in [0.25, 0.3) is 10.1 Å². The average molecular weight is 295 g/mol. The summed E-state index contributed by atoms with van der Waals surface area (Å²) in [6.45, 7) is 0. The highest BCUT2D eigenvalue weighted by Crippen LogP contribution is 2.40. The Hall–Kier alpha value is -0.480. The summed E-state index contributed by atoms with van der Waals surface area (Å²) in [4.78, 5) is 12.0. The first-order chi connectivity index (χ1) is 7.54. The molecule has 1 amide bonds. The first-order valence-corrected chi connectivity index (χ1v) is 6.28. The third-order valence-corrected chi connectivity index (χ3v) is 4.22. The largest absolute Gasteiger partial charge is 0.354 e. The molecule has 0 atom stereocenters. The van der Waals surface area contributed by atoms with Gasteiger partial charge < -0.3 is 5.32 Å². The van der Waals surface area contributed by atoms with Gasteiger partial charge in [0.1, 0.15) is 4.88 Å². The number of halogens is 3. The zero-order chi connectivity index (χ0) is 11.9. The molecule has 0 bridgehead atoms. The summed E-state index contributed by atoms with van der Waals surface area (Å²) in [6, 6.07) is 3.35. The number of benzene rings is 1. The molecule has 2 rings (SSSR count). The van der Waals surface area contributed by atoms with Gasteiger partial charge in [0.15, 0.2) is 0 Å². The maximum absolute atomic E-state index is 11.5. The lowest BCUT2D eigenvalue weighted by atomic mass is 10.2. The molecule has 16 heavy (non-hydrogen) atoms. The molecule has 1 aromatic carbocycles. The minimum absolute atomic E-state index is 0.224. The Bertz CT molecular complexity index is 579. The number of carbonyl (C=O) groups is 1. The van der Waals surface area contributed by atoms with Gasteiger partial charge in [-0.05, 0) is 12.1 Å². The lowest BCUT2D eigenvalue weighted by Gasteiger charge is -1.97. The Morgan fingerprint density at radius 3 is 2.62 bits per heavy atom. The third kappa shape index (κ3) is 1.89. The molecule has 1 N–H and O–H groups in total. The predicted molar refractivity (Wildman–Crippen MR) is 70.2 cm³/mol. The van der Waals surface area contributed by atoms with E-state index in [1.54, 1.807) is 19.2 Å². The SMILES string of the molecule is CNC(=O)c1sc2cc(Cl)cc(Cl)c2c1Cl. The Kier molecular flexibility index (Phi) is 3.31.